The topological polar surface area (TPSA) is 33.0 Å². The molecule has 0 amide bonds. The fourth-order valence-electron chi connectivity index (χ4n) is 0.997. The maximum atomic E-state index is 8.89. The van der Waals surface area contributed by atoms with Crippen molar-refractivity contribution in [2.45, 2.75) is 13.3 Å². The molecule has 0 aromatic heterocycles. The van der Waals surface area contributed by atoms with Gasteiger partial charge in [0.15, 0.2) is 0 Å². The van der Waals surface area contributed by atoms with Gasteiger partial charge in [-0.05, 0) is 30.2 Å². The first-order valence-corrected chi connectivity index (χ1v) is 5.45. The van der Waals surface area contributed by atoms with Crippen molar-refractivity contribution < 1.29 is 4.74 Å². The van der Waals surface area contributed by atoms with Crippen LogP contribution in [0.4, 0.5) is 0 Å². The Bertz CT molecular complexity index is 407. The molecule has 0 atom stereocenters. The molecule has 1 rings (SSSR count). The highest BCUT2D eigenvalue weighted by atomic mass is 79.9. The Labute approximate surface area is 98.3 Å². The molecule has 2 nitrogen and oxygen atoms in total. The second kappa shape index (κ2) is 5.57. The fraction of sp³-hybridized carbons (Fsp3) is 0.250. The van der Waals surface area contributed by atoms with Crippen LogP contribution in [0.15, 0.2) is 34.8 Å². The molecule has 1 aromatic rings. The van der Waals surface area contributed by atoms with E-state index >= 15 is 0 Å². The molecule has 0 radical (unpaired) electrons. The minimum absolute atomic E-state index is 0.465. The number of nitriles is 1. The standard InChI is InChI=1S/C12H12BrNO/c1-3-9(2)8-15-12-5-4-11(13)6-10(12)7-14/h4-6H,2-3,8H2,1H3. The smallest absolute Gasteiger partial charge is 0.137 e. The summed E-state index contributed by atoms with van der Waals surface area (Å²) in [6.07, 6.45) is 0.887. The number of hydrogen-bond acceptors (Lipinski definition) is 2. The Hall–Kier alpha value is -1.27. The predicted octanol–water partition coefficient (Wildman–Crippen LogP) is 3.67. The number of rotatable bonds is 4. The SMILES string of the molecule is C=C(CC)COc1ccc(Br)cc1C#N. The van der Waals surface area contributed by atoms with E-state index in [0.717, 1.165) is 16.5 Å². The molecule has 0 aliphatic rings. The zero-order valence-corrected chi connectivity index (χ0v) is 10.2. The predicted molar refractivity (Wildman–Crippen MR) is 63.8 cm³/mol. The van der Waals surface area contributed by atoms with Crippen LogP contribution >= 0.6 is 15.9 Å². The molecule has 0 unspecified atom stereocenters. The summed E-state index contributed by atoms with van der Waals surface area (Å²) >= 11 is 3.31. The van der Waals surface area contributed by atoms with Gasteiger partial charge >= 0.3 is 0 Å². The molecule has 15 heavy (non-hydrogen) atoms. The summed E-state index contributed by atoms with van der Waals surface area (Å²) < 4.78 is 6.37. The van der Waals surface area contributed by atoms with Crippen LogP contribution in [-0.4, -0.2) is 6.61 Å². The Morgan fingerprint density at radius 3 is 2.93 bits per heavy atom. The van der Waals surface area contributed by atoms with Crippen molar-refractivity contribution in [3.05, 3.63) is 40.4 Å². The summed E-state index contributed by atoms with van der Waals surface area (Å²) in [6, 6.07) is 7.47. The number of nitrogens with zero attached hydrogens (tertiary/aromatic N) is 1. The monoisotopic (exact) mass is 265 g/mol. The lowest BCUT2D eigenvalue weighted by Crippen LogP contribution is -2.00. The minimum atomic E-state index is 0.465. The molecule has 0 saturated heterocycles. The third-order valence-electron chi connectivity index (χ3n) is 1.99. The molecule has 0 aliphatic heterocycles. The fourth-order valence-corrected chi connectivity index (χ4v) is 1.36. The molecule has 3 heteroatoms. The Morgan fingerprint density at radius 2 is 2.33 bits per heavy atom. The average Bonchev–Trinajstić information content (AvgIpc) is 2.26. The molecule has 0 saturated carbocycles. The van der Waals surface area contributed by atoms with Crippen LogP contribution in [0, 0.1) is 11.3 Å². The van der Waals surface area contributed by atoms with E-state index in [0.29, 0.717) is 17.9 Å². The molecule has 0 bridgehead atoms. The van der Waals surface area contributed by atoms with Gasteiger partial charge in [-0.1, -0.05) is 29.4 Å². The third kappa shape index (κ3) is 3.41. The molecule has 78 valence electrons. The molecule has 0 spiro atoms. The second-order valence-corrected chi connectivity index (χ2v) is 4.06. The lowest BCUT2D eigenvalue weighted by molar-refractivity contribution is 0.348. The van der Waals surface area contributed by atoms with E-state index in [2.05, 4.69) is 28.6 Å². The maximum absolute atomic E-state index is 8.89. The van der Waals surface area contributed by atoms with Crippen molar-refractivity contribution in [2.75, 3.05) is 6.61 Å². The molecule has 0 fully saturated rings. The van der Waals surface area contributed by atoms with E-state index in [-0.39, 0.29) is 0 Å². The highest BCUT2D eigenvalue weighted by Crippen LogP contribution is 2.22. The third-order valence-corrected chi connectivity index (χ3v) is 2.49. The van der Waals surface area contributed by atoms with E-state index in [1.165, 1.54) is 0 Å². The first-order chi connectivity index (χ1) is 7.17. The normalized spacial score (nSPS) is 9.40. The average molecular weight is 266 g/mol. The van der Waals surface area contributed by atoms with Crippen molar-refractivity contribution in [2.24, 2.45) is 0 Å². The van der Waals surface area contributed by atoms with Gasteiger partial charge in [-0.3, -0.25) is 0 Å². The Kier molecular flexibility index (Phi) is 4.38. The molecular weight excluding hydrogens is 254 g/mol. The van der Waals surface area contributed by atoms with Crippen molar-refractivity contribution in [1.82, 2.24) is 0 Å². The van der Waals surface area contributed by atoms with Gasteiger partial charge in [-0.25, -0.2) is 0 Å². The highest BCUT2D eigenvalue weighted by Gasteiger charge is 2.03. The molecule has 1 aromatic carbocycles. The van der Waals surface area contributed by atoms with Crippen molar-refractivity contribution >= 4 is 15.9 Å². The highest BCUT2D eigenvalue weighted by molar-refractivity contribution is 9.10. The summed E-state index contributed by atoms with van der Waals surface area (Å²) in [6.45, 7) is 6.34. The van der Waals surface area contributed by atoms with E-state index < -0.39 is 0 Å². The maximum Gasteiger partial charge on any atom is 0.137 e. The lowest BCUT2D eigenvalue weighted by Gasteiger charge is -2.08. The Balaban J connectivity index is 2.77. The second-order valence-electron chi connectivity index (χ2n) is 3.14. The van der Waals surface area contributed by atoms with Gasteiger partial charge in [0.1, 0.15) is 18.4 Å². The summed E-state index contributed by atoms with van der Waals surface area (Å²) in [7, 11) is 0. The van der Waals surface area contributed by atoms with Gasteiger partial charge in [0, 0.05) is 4.47 Å². The molecule has 0 heterocycles. The zero-order chi connectivity index (χ0) is 11.3. The summed E-state index contributed by atoms with van der Waals surface area (Å²) in [5.41, 5.74) is 1.55. The quantitative estimate of drug-likeness (QED) is 0.779. The van der Waals surface area contributed by atoms with Crippen LogP contribution in [0.3, 0.4) is 0 Å². The molecule has 0 N–H and O–H groups in total. The summed E-state index contributed by atoms with van der Waals surface area (Å²) in [5.74, 6) is 0.607. The number of ether oxygens (including phenoxy) is 1. The van der Waals surface area contributed by atoms with Gasteiger partial charge in [0.2, 0.25) is 0 Å². The van der Waals surface area contributed by atoms with E-state index in [9.17, 15) is 0 Å². The van der Waals surface area contributed by atoms with Crippen LogP contribution in [0.1, 0.15) is 18.9 Å². The van der Waals surface area contributed by atoms with Gasteiger partial charge < -0.3 is 4.74 Å². The van der Waals surface area contributed by atoms with Gasteiger partial charge in [-0.2, -0.15) is 5.26 Å². The van der Waals surface area contributed by atoms with Crippen LogP contribution in [0.5, 0.6) is 5.75 Å². The van der Waals surface area contributed by atoms with Crippen molar-refractivity contribution in [3.63, 3.8) is 0 Å². The van der Waals surface area contributed by atoms with E-state index in [4.69, 9.17) is 10.00 Å². The number of benzene rings is 1. The van der Waals surface area contributed by atoms with Gasteiger partial charge in [0.05, 0.1) is 5.56 Å². The van der Waals surface area contributed by atoms with Gasteiger partial charge in [0.25, 0.3) is 0 Å². The largest absolute Gasteiger partial charge is 0.488 e. The minimum Gasteiger partial charge on any atom is -0.488 e. The van der Waals surface area contributed by atoms with E-state index in [1.54, 1.807) is 12.1 Å². The van der Waals surface area contributed by atoms with Crippen molar-refractivity contribution in [1.29, 1.82) is 5.26 Å². The number of halogens is 1. The molecule has 0 aliphatic carbocycles. The van der Waals surface area contributed by atoms with Gasteiger partial charge in [-0.15, -0.1) is 0 Å². The van der Waals surface area contributed by atoms with Crippen LogP contribution in [0.2, 0.25) is 0 Å². The van der Waals surface area contributed by atoms with Crippen molar-refractivity contribution in [3.8, 4) is 11.8 Å². The first kappa shape index (κ1) is 11.8. The summed E-state index contributed by atoms with van der Waals surface area (Å²) in [4.78, 5) is 0. The summed E-state index contributed by atoms with van der Waals surface area (Å²) in [5, 5.41) is 8.89. The zero-order valence-electron chi connectivity index (χ0n) is 8.59. The number of hydrogen-bond donors (Lipinski definition) is 0. The van der Waals surface area contributed by atoms with Crippen LogP contribution in [0.25, 0.3) is 0 Å². The van der Waals surface area contributed by atoms with E-state index in [1.807, 2.05) is 13.0 Å². The Morgan fingerprint density at radius 1 is 1.60 bits per heavy atom. The molecular formula is C12H12BrNO. The lowest BCUT2D eigenvalue weighted by atomic mass is 10.2. The van der Waals surface area contributed by atoms with Crippen LogP contribution in [-0.2, 0) is 0 Å². The van der Waals surface area contributed by atoms with Crippen LogP contribution < -0.4 is 4.74 Å². The first-order valence-electron chi connectivity index (χ1n) is 4.66.